The van der Waals surface area contributed by atoms with Crippen LogP contribution in [0.1, 0.15) is 51.9 Å². The van der Waals surface area contributed by atoms with Crippen molar-refractivity contribution in [1.29, 1.82) is 0 Å². The van der Waals surface area contributed by atoms with E-state index in [0.29, 0.717) is 6.42 Å². The van der Waals surface area contributed by atoms with E-state index in [1.807, 2.05) is 6.08 Å². The SMILES string of the molecule is CCCCCCC1=CCCC(=O)O1. The molecular weight excluding hydrogens is 164 g/mol. The Balaban J connectivity index is 2.13. The van der Waals surface area contributed by atoms with Crippen molar-refractivity contribution >= 4 is 5.97 Å². The molecule has 0 bridgehead atoms. The fourth-order valence-corrected chi connectivity index (χ4v) is 1.47. The van der Waals surface area contributed by atoms with Crippen molar-refractivity contribution in [1.82, 2.24) is 0 Å². The normalized spacial score (nSPS) is 16.7. The summed E-state index contributed by atoms with van der Waals surface area (Å²) in [6.07, 6.45) is 9.32. The van der Waals surface area contributed by atoms with Crippen molar-refractivity contribution in [3.05, 3.63) is 11.8 Å². The summed E-state index contributed by atoms with van der Waals surface area (Å²) in [6, 6.07) is 0. The van der Waals surface area contributed by atoms with Crippen LogP contribution >= 0.6 is 0 Å². The van der Waals surface area contributed by atoms with E-state index in [9.17, 15) is 4.79 Å². The largest absolute Gasteiger partial charge is 0.431 e. The number of unbranched alkanes of at least 4 members (excludes halogenated alkanes) is 3. The molecule has 1 heterocycles. The Morgan fingerprint density at radius 1 is 1.38 bits per heavy atom. The Morgan fingerprint density at radius 3 is 2.92 bits per heavy atom. The highest BCUT2D eigenvalue weighted by atomic mass is 16.5. The summed E-state index contributed by atoms with van der Waals surface area (Å²) >= 11 is 0. The molecule has 0 amide bonds. The lowest BCUT2D eigenvalue weighted by molar-refractivity contribution is -0.140. The number of carbonyl (C=O) groups excluding carboxylic acids is 1. The van der Waals surface area contributed by atoms with Gasteiger partial charge in [-0.2, -0.15) is 0 Å². The zero-order chi connectivity index (χ0) is 9.52. The number of carbonyl (C=O) groups is 1. The van der Waals surface area contributed by atoms with Gasteiger partial charge in [-0.15, -0.1) is 0 Å². The molecule has 0 atom stereocenters. The van der Waals surface area contributed by atoms with Gasteiger partial charge in [0.2, 0.25) is 0 Å². The molecular formula is C11H18O2. The fourth-order valence-electron chi connectivity index (χ4n) is 1.47. The van der Waals surface area contributed by atoms with Crippen LogP contribution in [0, 0.1) is 0 Å². The molecule has 0 spiro atoms. The van der Waals surface area contributed by atoms with Crippen LogP contribution in [0.3, 0.4) is 0 Å². The van der Waals surface area contributed by atoms with Crippen molar-refractivity contribution in [3.8, 4) is 0 Å². The van der Waals surface area contributed by atoms with Gasteiger partial charge in [-0.25, -0.2) is 0 Å². The summed E-state index contributed by atoms with van der Waals surface area (Å²) in [6.45, 7) is 2.19. The second-order valence-electron chi connectivity index (χ2n) is 3.49. The van der Waals surface area contributed by atoms with Crippen molar-refractivity contribution in [3.63, 3.8) is 0 Å². The molecule has 74 valence electrons. The van der Waals surface area contributed by atoms with Crippen LogP contribution in [-0.4, -0.2) is 5.97 Å². The zero-order valence-electron chi connectivity index (χ0n) is 8.34. The first kappa shape index (κ1) is 10.3. The van der Waals surface area contributed by atoms with Crippen molar-refractivity contribution in [2.45, 2.75) is 51.9 Å². The Kier molecular flexibility index (Phi) is 4.58. The highest BCUT2D eigenvalue weighted by molar-refractivity contribution is 5.71. The van der Waals surface area contributed by atoms with Crippen molar-refractivity contribution < 1.29 is 9.53 Å². The Bertz CT molecular complexity index is 194. The number of cyclic esters (lactones) is 1. The molecule has 0 saturated carbocycles. The molecule has 2 heteroatoms. The Labute approximate surface area is 80.0 Å². The van der Waals surface area contributed by atoms with E-state index in [1.54, 1.807) is 0 Å². The van der Waals surface area contributed by atoms with E-state index in [2.05, 4.69) is 6.92 Å². The first-order valence-electron chi connectivity index (χ1n) is 5.22. The summed E-state index contributed by atoms with van der Waals surface area (Å²) < 4.78 is 5.09. The Morgan fingerprint density at radius 2 is 2.23 bits per heavy atom. The minimum atomic E-state index is -0.0620. The number of hydrogen-bond acceptors (Lipinski definition) is 2. The van der Waals surface area contributed by atoms with Crippen LogP contribution < -0.4 is 0 Å². The van der Waals surface area contributed by atoms with E-state index in [-0.39, 0.29) is 5.97 Å². The maximum atomic E-state index is 10.9. The molecule has 1 aliphatic rings. The van der Waals surface area contributed by atoms with E-state index in [1.165, 1.54) is 19.3 Å². The van der Waals surface area contributed by atoms with Crippen molar-refractivity contribution in [2.75, 3.05) is 0 Å². The molecule has 2 nitrogen and oxygen atoms in total. The molecule has 1 aliphatic heterocycles. The number of allylic oxidation sites excluding steroid dienone is 2. The molecule has 0 N–H and O–H groups in total. The Hall–Kier alpha value is -0.790. The molecule has 0 aromatic carbocycles. The predicted molar refractivity (Wildman–Crippen MR) is 52.2 cm³/mol. The smallest absolute Gasteiger partial charge is 0.311 e. The van der Waals surface area contributed by atoms with Crippen LogP contribution in [0.5, 0.6) is 0 Å². The number of ether oxygens (including phenoxy) is 1. The summed E-state index contributed by atoms with van der Waals surface area (Å²) in [5.41, 5.74) is 0. The maximum absolute atomic E-state index is 10.9. The molecule has 13 heavy (non-hydrogen) atoms. The van der Waals surface area contributed by atoms with E-state index in [4.69, 9.17) is 4.74 Å². The van der Waals surface area contributed by atoms with Crippen LogP contribution in [0.25, 0.3) is 0 Å². The lowest BCUT2D eigenvalue weighted by Gasteiger charge is -2.12. The third kappa shape index (κ3) is 4.11. The topological polar surface area (TPSA) is 26.3 Å². The first-order valence-corrected chi connectivity index (χ1v) is 5.22. The van der Waals surface area contributed by atoms with Crippen LogP contribution in [0.15, 0.2) is 11.8 Å². The van der Waals surface area contributed by atoms with Gasteiger partial charge in [0.1, 0.15) is 5.76 Å². The van der Waals surface area contributed by atoms with Gasteiger partial charge in [0.05, 0.1) is 0 Å². The van der Waals surface area contributed by atoms with Gasteiger partial charge < -0.3 is 4.74 Å². The van der Waals surface area contributed by atoms with Gasteiger partial charge in [-0.1, -0.05) is 26.2 Å². The summed E-state index contributed by atoms with van der Waals surface area (Å²) in [5, 5.41) is 0. The summed E-state index contributed by atoms with van der Waals surface area (Å²) in [4.78, 5) is 10.9. The van der Waals surface area contributed by atoms with Crippen LogP contribution in [0.4, 0.5) is 0 Å². The fraction of sp³-hybridized carbons (Fsp3) is 0.727. The summed E-state index contributed by atoms with van der Waals surface area (Å²) in [5.74, 6) is 0.834. The quantitative estimate of drug-likeness (QED) is 0.482. The number of rotatable bonds is 5. The molecule has 0 aliphatic carbocycles. The minimum Gasteiger partial charge on any atom is -0.431 e. The monoisotopic (exact) mass is 182 g/mol. The average Bonchev–Trinajstić information content (AvgIpc) is 2.13. The van der Waals surface area contributed by atoms with Crippen LogP contribution in [-0.2, 0) is 9.53 Å². The highest BCUT2D eigenvalue weighted by Crippen LogP contribution is 2.17. The number of hydrogen-bond donors (Lipinski definition) is 0. The minimum absolute atomic E-state index is 0.0620. The average molecular weight is 182 g/mol. The predicted octanol–water partition coefficient (Wildman–Crippen LogP) is 3.18. The lowest BCUT2D eigenvalue weighted by atomic mass is 10.1. The molecule has 0 fully saturated rings. The first-order chi connectivity index (χ1) is 6.33. The lowest BCUT2D eigenvalue weighted by Crippen LogP contribution is -2.08. The van der Waals surface area contributed by atoms with Gasteiger partial charge in [0.25, 0.3) is 0 Å². The zero-order valence-corrected chi connectivity index (χ0v) is 8.34. The van der Waals surface area contributed by atoms with Gasteiger partial charge in [0.15, 0.2) is 0 Å². The third-order valence-electron chi connectivity index (χ3n) is 2.24. The van der Waals surface area contributed by atoms with Gasteiger partial charge in [-0.3, -0.25) is 4.79 Å². The highest BCUT2D eigenvalue weighted by Gasteiger charge is 2.11. The second kappa shape index (κ2) is 5.79. The molecule has 1 rings (SSSR count). The molecule has 0 unspecified atom stereocenters. The van der Waals surface area contributed by atoms with E-state index < -0.39 is 0 Å². The van der Waals surface area contributed by atoms with Crippen LogP contribution in [0.2, 0.25) is 0 Å². The summed E-state index contributed by atoms with van der Waals surface area (Å²) in [7, 11) is 0. The third-order valence-corrected chi connectivity index (χ3v) is 2.24. The standard InChI is InChI=1S/C11H18O2/c1-2-3-4-5-7-10-8-6-9-11(12)13-10/h8H,2-7,9H2,1H3. The molecule has 0 aromatic rings. The maximum Gasteiger partial charge on any atom is 0.311 e. The van der Waals surface area contributed by atoms with E-state index in [0.717, 1.165) is 25.0 Å². The van der Waals surface area contributed by atoms with Gasteiger partial charge in [-0.05, 0) is 18.9 Å². The molecule has 0 radical (unpaired) electrons. The van der Waals surface area contributed by atoms with Gasteiger partial charge >= 0.3 is 5.97 Å². The molecule has 0 aromatic heterocycles. The van der Waals surface area contributed by atoms with E-state index >= 15 is 0 Å². The second-order valence-corrected chi connectivity index (χ2v) is 3.49. The molecule has 0 saturated heterocycles. The van der Waals surface area contributed by atoms with Crippen molar-refractivity contribution in [2.24, 2.45) is 0 Å². The van der Waals surface area contributed by atoms with Gasteiger partial charge in [0, 0.05) is 12.8 Å². The number of esters is 1.